The van der Waals surface area contributed by atoms with E-state index in [-0.39, 0.29) is 18.3 Å². The number of aromatic nitrogens is 1. The van der Waals surface area contributed by atoms with E-state index >= 15 is 0 Å². The minimum atomic E-state index is -0.680. The van der Waals surface area contributed by atoms with Crippen molar-refractivity contribution in [2.45, 2.75) is 51.1 Å². The van der Waals surface area contributed by atoms with Crippen molar-refractivity contribution in [2.75, 3.05) is 5.32 Å². The van der Waals surface area contributed by atoms with E-state index < -0.39 is 5.54 Å². The van der Waals surface area contributed by atoms with Crippen LogP contribution in [-0.4, -0.2) is 16.0 Å². The summed E-state index contributed by atoms with van der Waals surface area (Å²) in [6.45, 7) is 3.15. The third-order valence-corrected chi connectivity index (χ3v) is 4.44. The van der Waals surface area contributed by atoms with E-state index in [2.05, 4.69) is 35.1 Å². The van der Waals surface area contributed by atoms with Crippen LogP contribution in [0.25, 0.3) is 10.9 Å². The number of aryl methyl sites for hydroxylation is 1. The summed E-state index contributed by atoms with van der Waals surface area (Å²) in [5, 5.41) is 4.20. The second-order valence-electron chi connectivity index (χ2n) is 6.10. The molecule has 1 aromatic heterocycles. The molecule has 0 atom stereocenters. The van der Waals surface area contributed by atoms with Gasteiger partial charge in [-0.3, -0.25) is 4.79 Å². The van der Waals surface area contributed by atoms with Gasteiger partial charge in [0.1, 0.15) is 0 Å². The molecule has 2 aromatic rings. The van der Waals surface area contributed by atoms with E-state index in [0.29, 0.717) is 0 Å². The summed E-state index contributed by atoms with van der Waals surface area (Å²) >= 11 is 0. The quantitative estimate of drug-likeness (QED) is 0.902. The fourth-order valence-electron chi connectivity index (χ4n) is 3.19. The molecule has 120 valence electrons. The first kappa shape index (κ1) is 16.8. The first-order chi connectivity index (χ1) is 10.1. The maximum absolute atomic E-state index is 12.4. The maximum Gasteiger partial charge on any atom is 0.244 e. The van der Waals surface area contributed by atoms with Gasteiger partial charge in [0.15, 0.2) is 0 Å². The zero-order valence-electron chi connectivity index (χ0n) is 13.0. The lowest BCUT2D eigenvalue weighted by atomic mass is 9.98. The van der Waals surface area contributed by atoms with E-state index in [0.717, 1.165) is 49.9 Å². The van der Waals surface area contributed by atoms with E-state index in [1.165, 1.54) is 5.39 Å². The molecule has 1 heterocycles. The van der Waals surface area contributed by atoms with Crippen molar-refractivity contribution >= 4 is 34.9 Å². The summed E-state index contributed by atoms with van der Waals surface area (Å²) in [5.41, 5.74) is 7.52. The fraction of sp³-hybridized carbons (Fsp3) is 0.471. The van der Waals surface area contributed by atoms with Crippen molar-refractivity contribution < 1.29 is 4.79 Å². The topological polar surface area (TPSA) is 60.0 Å². The number of hydrogen-bond acceptors (Lipinski definition) is 2. The number of nitrogens with two attached hydrogens (primary N) is 1. The average Bonchev–Trinajstić information content (AvgIpc) is 3.07. The predicted octanol–water partition coefficient (Wildman–Crippen LogP) is 3.68. The molecule has 1 saturated carbocycles. The zero-order valence-corrected chi connectivity index (χ0v) is 13.8. The molecule has 1 fully saturated rings. The van der Waals surface area contributed by atoms with Gasteiger partial charge in [-0.25, -0.2) is 0 Å². The van der Waals surface area contributed by atoms with Gasteiger partial charge < -0.3 is 15.6 Å². The van der Waals surface area contributed by atoms with Crippen LogP contribution in [0.4, 0.5) is 5.69 Å². The number of halogens is 1. The molecule has 0 unspecified atom stereocenters. The van der Waals surface area contributed by atoms with Crippen LogP contribution in [0.1, 0.15) is 39.0 Å². The molecule has 0 aliphatic heterocycles. The molecule has 3 N–H and O–H groups in total. The number of amides is 1. The molecule has 3 rings (SSSR count). The molecule has 0 spiro atoms. The molecule has 1 aromatic carbocycles. The Morgan fingerprint density at radius 1 is 1.32 bits per heavy atom. The van der Waals surface area contributed by atoms with Crippen molar-refractivity contribution in [2.24, 2.45) is 5.73 Å². The lowest BCUT2D eigenvalue weighted by molar-refractivity contribution is -0.121. The van der Waals surface area contributed by atoms with Gasteiger partial charge in [0.25, 0.3) is 0 Å². The standard InChI is InChI=1S/C17H23N3O.ClH/c1-2-10-20-11-7-13-5-6-14(12-15(13)20)19-16(21)17(18)8-3-4-9-17;/h5-7,11-12H,2-4,8-10,18H2,1H3,(H,19,21);1H. The highest BCUT2D eigenvalue weighted by Crippen LogP contribution is 2.29. The number of carbonyl (C=O) groups is 1. The lowest BCUT2D eigenvalue weighted by Gasteiger charge is -2.22. The zero-order chi connectivity index (χ0) is 14.9. The third kappa shape index (κ3) is 3.13. The first-order valence-electron chi connectivity index (χ1n) is 7.82. The van der Waals surface area contributed by atoms with E-state index in [4.69, 9.17) is 5.73 Å². The van der Waals surface area contributed by atoms with E-state index in [1.54, 1.807) is 0 Å². The maximum atomic E-state index is 12.4. The van der Waals surface area contributed by atoms with Gasteiger partial charge in [-0.1, -0.05) is 25.8 Å². The normalized spacial score (nSPS) is 16.5. The van der Waals surface area contributed by atoms with Gasteiger partial charge in [-0.05, 0) is 42.8 Å². The molecule has 0 radical (unpaired) electrons. The van der Waals surface area contributed by atoms with Crippen molar-refractivity contribution in [3.8, 4) is 0 Å². The molecule has 22 heavy (non-hydrogen) atoms. The molecule has 4 nitrogen and oxygen atoms in total. The van der Waals surface area contributed by atoms with Gasteiger partial charge in [-0.2, -0.15) is 0 Å². The van der Waals surface area contributed by atoms with Gasteiger partial charge in [0, 0.05) is 18.4 Å². The van der Waals surface area contributed by atoms with Gasteiger partial charge in [0.05, 0.1) is 11.1 Å². The molecule has 0 saturated heterocycles. The van der Waals surface area contributed by atoms with Crippen molar-refractivity contribution in [1.29, 1.82) is 0 Å². The molecule has 1 aliphatic rings. The Morgan fingerprint density at radius 3 is 2.73 bits per heavy atom. The second kappa shape index (κ2) is 6.71. The summed E-state index contributed by atoms with van der Waals surface area (Å²) in [6.07, 6.45) is 6.85. The Morgan fingerprint density at radius 2 is 2.05 bits per heavy atom. The van der Waals surface area contributed by atoms with Crippen LogP contribution in [0.15, 0.2) is 30.5 Å². The Kier molecular flexibility index (Phi) is 5.14. The Balaban J connectivity index is 0.00000176. The molecular weight excluding hydrogens is 298 g/mol. The molecule has 1 aliphatic carbocycles. The monoisotopic (exact) mass is 321 g/mol. The van der Waals surface area contributed by atoms with Gasteiger partial charge in [0.2, 0.25) is 5.91 Å². The van der Waals surface area contributed by atoms with Crippen molar-refractivity contribution in [3.63, 3.8) is 0 Å². The van der Waals surface area contributed by atoms with Crippen LogP contribution in [0.2, 0.25) is 0 Å². The van der Waals surface area contributed by atoms with Crippen LogP contribution in [0, 0.1) is 0 Å². The third-order valence-electron chi connectivity index (χ3n) is 4.44. The van der Waals surface area contributed by atoms with Crippen LogP contribution >= 0.6 is 12.4 Å². The summed E-state index contributed by atoms with van der Waals surface area (Å²) < 4.78 is 2.22. The second-order valence-corrected chi connectivity index (χ2v) is 6.10. The molecule has 0 bridgehead atoms. The molecule has 5 heteroatoms. The summed E-state index contributed by atoms with van der Waals surface area (Å²) in [6, 6.07) is 8.16. The fourth-order valence-corrected chi connectivity index (χ4v) is 3.19. The summed E-state index contributed by atoms with van der Waals surface area (Å²) in [5.74, 6) is -0.0482. The summed E-state index contributed by atoms with van der Waals surface area (Å²) in [4.78, 5) is 12.4. The van der Waals surface area contributed by atoms with Crippen LogP contribution in [0.5, 0.6) is 0 Å². The molecule has 1 amide bonds. The smallest absolute Gasteiger partial charge is 0.244 e. The SMILES string of the molecule is CCCn1ccc2ccc(NC(=O)C3(N)CCCC3)cc21.Cl. The highest BCUT2D eigenvalue weighted by molar-refractivity contribution is 5.99. The van der Waals surface area contributed by atoms with Crippen molar-refractivity contribution in [3.05, 3.63) is 30.5 Å². The number of nitrogens with zero attached hydrogens (tertiary/aromatic N) is 1. The first-order valence-corrected chi connectivity index (χ1v) is 7.82. The largest absolute Gasteiger partial charge is 0.347 e. The Bertz CT molecular complexity index is 659. The lowest BCUT2D eigenvalue weighted by Crippen LogP contribution is -2.48. The van der Waals surface area contributed by atoms with E-state index in [9.17, 15) is 4.79 Å². The van der Waals surface area contributed by atoms with Gasteiger partial charge >= 0.3 is 0 Å². The Labute approximate surface area is 137 Å². The number of fused-ring (bicyclic) bond motifs is 1. The van der Waals surface area contributed by atoms with Crippen LogP contribution < -0.4 is 11.1 Å². The highest BCUT2D eigenvalue weighted by atomic mass is 35.5. The summed E-state index contributed by atoms with van der Waals surface area (Å²) in [7, 11) is 0. The highest BCUT2D eigenvalue weighted by Gasteiger charge is 2.36. The average molecular weight is 322 g/mol. The molecular formula is C17H24ClN3O. The van der Waals surface area contributed by atoms with Gasteiger partial charge in [-0.15, -0.1) is 12.4 Å². The van der Waals surface area contributed by atoms with Crippen molar-refractivity contribution in [1.82, 2.24) is 4.57 Å². The Hall–Kier alpha value is -1.52. The van der Waals surface area contributed by atoms with E-state index in [1.807, 2.05) is 12.1 Å². The number of anilines is 1. The van der Waals surface area contributed by atoms with Crippen LogP contribution in [0.3, 0.4) is 0 Å². The predicted molar refractivity (Wildman–Crippen MR) is 93.5 cm³/mol. The minimum absolute atomic E-state index is 0. The number of rotatable bonds is 4. The number of hydrogen-bond donors (Lipinski definition) is 2. The minimum Gasteiger partial charge on any atom is -0.347 e. The van der Waals surface area contributed by atoms with Crippen LogP contribution in [-0.2, 0) is 11.3 Å². The number of nitrogens with one attached hydrogen (secondary N) is 1. The number of carbonyl (C=O) groups excluding carboxylic acids is 1. The number of benzene rings is 1.